The molecule has 0 unspecified atom stereocenters. The molecule has 7 nitrogen and oxygen atoms in total. The Morgan fingerprint density at radius 1 is 1.03 bits per heavy atom. The maximum absolute atomic E-state index is 13.6. The van der Waals surface area contributed by atoms with Gasteiger partial charge >= 0.3 is 0 Å². The van der Waals surface area contributed by atoms with Crippen molar-refractivity contribution < 1.29 is 18.0 Å². The number of hydrogen-bond acceptors (Lipinski definition) is 4. The highest BCUT2D eigenvalue weighted by Gasteiger charge is 2.31. The Balaban J connectivity index is 1.87. The number of carbonyl (C=O) groups excluding carboxylic acids is 2. The van der Waals surface area contributed by atoms with Gasteiger partial charge in [-0.15, -0.1) is 0 Å². The van der Waals surface area contributed by atoms with E-state index in [0.29, 0.717) is 18.0 Å². The molecule has 0 radical (unpaired) electrons. The zero-order valence-electron chi connectivity index (χ0n) is 21.5. The lowest BCUT2D eigenvalue weighted by molar-refractivity contribution is -0.141. The van der Waals surface area contributed by atoms with Gasteiger partial charge in [0.25, 0.3) is 0 Å². The first-order valence-electron chi connectivity index (χ1n) is 12.6. The monoisotopic (exact) mass is 545 g/mol. The third kappa shape index (κ3) is 9.29. The molecule has 2 amide bonds. The van der Waals surface area contributed by atoms with Gasteiger partial charge in [-0.2, -0.15) is 4.31 Å². The van der Waals surface area contributed by atoms with E-state index in [1.807, 2.05) is 30.3 Å². The highest BCUT2D eigenvalue weighted by Crippen LogP contribution is 2.20. The molecule has 0 aromatic heterocycles. The maximum atomic E-state index is 13.6. The third-order valence-corrected chi connectivity index (χ3v) is 8.11. The minimum Gasteiger partial charge on any atom is -0.354 e. The van der Waals surface area contributed by atoms with Crippen LogP contribution in [0.4, 0.5) is 0 Å². The fourth-order valence-electron chi connectivity index (χ4n) is 4.33. The zero-order chi connectivity index (χ0) is 26.8. The molecule has 0 aliphatic heterocycles. The molecule has 0 saturated carbocycles. The summed E-state index contributed by atoms with van der Waals surface area (Å²) in [6.45, 7) is 0.268. The van der Waals surface area contributed by atoms with Crippen LogP contribution in [-0.4, -0.2) is 61.9 Å². The van der Waals surface area contributed by atoms with E-state index >= 15 is 0 Å². The fourth-order valence-corrected chi connectivity index (χ4v) is 4.81. The predicted octanol–water partition coefficient (Wildman–Crippen LogP) is 4.18. The summed E-state index contributed by atoms with van der Waals surface area (Å²) in [5.74, 6) is -0.710. The van der Waals surface area contributed by atoms with Crippen molar-refractivity contribution in [1.29, 1.82) is 0 Å². The first-order chi connectivity index (χ1) is 17.6. The van der Waals surface area contributed by atoms with Gasteiger partial charge in [-0.1, -0.05) is 65.7 Å². The van der Waals surface area contributed by atoms with Crippen molar-refractivity contribution in [2.45, 2.75) is 51.1 Å². The van der Waals surface area contributed by atoms with Gasteiger partial charge in [0.05, 0.1) is 12.8 Å². The lowest BCUT2D eigenvalue weighted by Crippen LogP contribution is -2.53. The molecule has 0 bridgehead atoms. The van der Waals surface area contributed by atoms with Gasteiger partial charge in [0.1, 0.15) is 6.04 Å². The summed E-state index contributed by atoms with van der Waals surface area (Å²) in [5.41, 5.74) is 3.05. The molecule has 1 aliphatic carbocycles. The number of likely N-dealkylation sites (N-methyl/N-ethyl adjacent to an activating group) is 1. The second-order valence-electron chi connectivity index (χ2n) is 9.52. The minimum atomic E-state index is -3.58. The molecule has 2 aromatic carbocycles. The van der Waals surface area contributed by atoms with Crippen LogP contribution in [0.1, 0.15) is 43.2 Å². The number of hydrogen-bond donors (Lipinski definition) is 1. The third-order valence-electron chi connectivity index (χ3n) is 6.59. The highest BCUT2D eigenvalue weighted by atomic mass is 35.5. The molecule has 0 saturated heterocycles. The average Bonchev–Trinajstić information content (AvgIpc) is 2.87. The molecule has 0 heterocycles. The summed E-state index contributed by atoms with van der Waals surface area (Å²) in [6, 6.07) is 15.8. The van der Waals surface area contributed by atoms with Crippen molar-refractivity contribution in [3.05, 3.63) is 82.4 Å². The van der Waals surface area contributed by atoms with Crippen LogP contribution in [-0.2, 0) is 32.6 Å². The van der Waals surface area contributed by atoms with Crippen LogP contribution >= 0.6 is 11.6 Å². The lowest BCUT2D eigenvalue weighted by Gasteiger charge is -2.32. The molecule has 200 valence electrons. The highest BCUT2D eigenvalue weighted by molar-refractivity contribution is 7.88. The normalized spacial score (nSPS) is 14.6. The number of amides is 2. The van der Waals surface area contributed by atoms with Gasteiger partial charge in [-0.05, 0) is 55.4 Å². The summed E-state index contributed by atoms with van der Waals surface area (Å²) in [7, 11) is -2.22. The molecular weight excluding hydrogens is 510 g/mol. The molecular formula is C28H36ClN3O4S. The van der Waals surface area contributed by atoms with Crippen LogP contribution in [0.15, 0.2) is 66.2 Å². The van der Waals surface area contributed by atoms with Crippen LogP contribution in [0.25, 0.3) is 0 Å². The SMILES string of the molecule is CN(CC(=O)N(Cc1ccc(Cl)cc1)[C@H](Cc1ccccc1)C(=O)NCCC1=CCCCC1)S(C)(=O)=O. The van der Waals surface area contributed by atoms with E-state index in [4.69, 9.17) is 11.6 Å². The predicted molar refractivity (Wildman–Crippen MR) is 148 cm³/mol. The topological polar surface area (TPSA) is 86.8 Å². The van der Waals surface area contributed by atoms with Crippen molar-refractivity contribution in [3.63, 3.8) is 0 Å². The number of nitrogens with one attached hydrogen (secondary N) is 1. The van der Waals surface area contributed by atoms with Gasteiger partial charge < -0.3 is 10.2 Å². The van der Waals surface area contributed by atoms with Gasteiger partial charge in [0.15, 0.2) is 0 Å². The summed E-state index contributed by atoms with van der Waals surface area (Å²) in [4.78, 5) is 28.6. The van der Waals surface area contributed by atoms with E-state index in [1.54, 1.807) is 24.3 Å². The fraction of sp³-hybridized carbons (Fsp3) is 0.429. The number of rotatable bonds is 12. The lowest BCUT2D eigenvalue weighted by atomic mass is 9.97. The molecule has 0 fully saturated rings. The van der Waals surface area contributed by atoms with Gasteiger partial charge in [0, 0.05) is 31.6 Å². The second kappa shape index (κ2) is 13.7. The van der Waals surface area contributed by atoms with E-state index in [-0.39, 0.29) is 19.0 Å². The van der Waals surface area contributed by atoms with Crippen LogP contribution < -0.4 is 5.32 Å². The van der Waals surface area contributed by atoms with Gasteiger partial charge in [0.2, 0.25) is 21.8 Å². The minimum absolute atomic E-state index is 0.143. The van der Waals surface area contributed by atoms with Crippen molar-refractivity contribution in [2.75, 3.05) is 26.4 Å². The first-order valence-corrected chi connectivity index (χ1v) is 14.8. The molecule has 3 rings (SSSR count). The van der Waals surface area contributed by atoms with Gasteiger partial charge in [-0.25, -0.2) is 8.42 Å². The number of sulfonamides is 1. The summed E-state index contributed by atoms with van der Waals surface area (Å²) in [6.07, 6.45) is 8.92. The average molecular weight is 546 g/mol. The van der Waals surface area contributed by atoms with Crippen molar-refractivity contribution >= 4 is 33.4 Å². The molecule has 1 N–H and O–H groups in total. The van der Waals surface area contributed by atoms with Crippen LogP contribution in [0.2, 0.25) is 5.02 Å². The number of carbonyl (C=O) groups is 2. The molecule has 0 spiro atoms. The van der Waals surface area contributed by atoms with Crippen molar-refractivity contribution in [1.82, 2.24) is 14.5 Å². The number of nitrogens with zero attached hydrogens (tertiary/aromatic N) is 2. The Bertz CT molecular complexity index is 1180. The molecule has 9 heteroatoms. The second-order valence-corrected chi connectivity index (χ2v) is 12.0. The van der Waals surface area contributed by atoms with Crippen molar-refractivity contribution in [2.24, 2.45) is 0 Å². The van der Waals surface area contributed by atoms with E-state index in [9.17, 15) is 18.0 Å². The van der Waals surface area contributed by atoms with Crippen LogP contribution in [0, 0.1) is 0 Å². The standard InChI is InChI=1S/C28H36ClN3O4S/c1-31(37(2,35)36)21-27(33)32(20-24-13-15-25(29)16-14-24)26(19-23-11-7-4-8-12-23)28(34)30-18-17-22-9-5-3-6-10-22/h4,7-9,11-16,26H,3,5-6,10,17-21H2,1-2H3,(H,30,34)/t26-/m1/s1. The smallest absolute Gasteiger partial charge is 0.243 e. The Hall–Kier alpha value is -2.68. The van der Waals surface area contributed by atoms with Gasteiger partial charge in [-0.3, -0.25) is 9.59 Å². The van der Waals surface area contributed by atoms with Crippen LogP contribution in [0.3, 0.4) is 0 Å². The molecule has 1 atom stereocenters. The Morgan fingerprint density at radius 2 is 1.73 bits per heavy atom. The number of benzene rings is 2. The largest absolute Gasteiger partial charge is 0.354 e. The van der Waals surface area contributed by atoms with E-state index in [0.717, 1.165) is 41.0 Å². The quantitative estimate of drug-likeness (QED) is 0.405. The van der Waals surface area contributed by atoms with E-state index < -0.39 is 22.0 Å². The summed E-state index contributed by atoms with van der Waals surface area (Å²) < 4.78 is 25.1. The first kappa shape index (κ1) is 28.9. The van der Waals surface area contributed by atoms with E-state index in [2.05, 4.69) is 11.4 Å². The zero-order valence-corrected chi connectivity index (χ0v) is 23.1. The van der Waals surface area contributed by atoms with Crippen LogP contribution in [0.5, 0.6) is 0 Å². The summed E-state index contributed by atoms with van der Waals surface area (Å²) in [5, 5.41) is 3.60. The van der Waals surface area contributed by atoms with E-state index in [1.165, 1.54) is 30.4 Å². The van der Waals surface area contributed by atoms with Crippen molar-refractivity contribution in [3.8, 4) is 0 Å². The Kier molecular flexibility index (Phi) is 10.7. The Morgan fingerprint density at radius 3 is 2.35 bits per heavy atom. The number of halogens is 1. The maximum Gasteiger partial charge on any atom is 0.243 e. The Labute approximate surface area is 225 Å². The summed E-state index contributed by atoms with van der Waals surface area (Å²) >= 11 is 6.05. The molecule has 37 heavy (non-hydrogen) atoms. The molecule has 2 aromatic rings. The number of allylic oxidation sites excluding steroid dienone is 1. The molecule has 1 aliphatic rings.